The summed E-state index contributed by atoms with van der Waals surface area (Å²) in [5.41, 5.74) is 14.5. The van der Waals surface area contributed by atoms with Gasteiger partial charge < -0.3 is 10.2 Å². The predicted octanol–water partition coefficient (Wildman–Crippen LogP) is 13.1. The van der Waals surface area contributed by atoms with Gasteiger partial charge in [-0.2, -0.15) is 4.57 Å². The molecule has 290 valence electrons. The number of benzene rings is 3. The molecular weight excluding hydrogens is 697 g/mol. The molecule has 6 rings (SSSR count). The Kier molecular flexibility index (Phi) is 12.4. The third-order valence-electron chi connectivity index (χ3n) is 11.5. The van der Waals surface area contributed by atoms with Gasteiger partial charge in [0.25, 0.3) is 0 Å². The largest absolute Gasteiger partial charge is 0.352 e. The molecule has 3 heterocycles. The van der Waals surface area contributed by atoms with E-state index in [2.05, 4.69) is 199 Å². The van der Waals surface area contributed by atoms with E-state index in [9.17, 15) is 0 Å². The summed E-state index contributed by atoms with van der Waals surface area (Å²) >= 11 is 0. The van der Waals surface area contributed by atoms with Gasteiger partial charge in [-0.25, -0.2) is 4.98 Å². The average molecular weight is 760 g/mol. The van der Waals surface area contributed by atoms with Crippen LogP contribution in [0.2, 0.25) is 19.6 Å². The Balaban J connectivity index is 1.41. The van der Waals surface area contributed by atoms with Gasteiger partial charge in [0.1, 0.15) is 0 Å². The summed E-state index contributed by atoms with van der Waals surface area (Å²) in [5, 5.41) is 5.43. The molecule has 2 atom stereocenters. The molecule has 5 aromatic rings. The van der Waals surface area contributed by atoms with Crippen LogP contribution in [0.25, 0.3) is 22.4 Å². The maximum atomic E-state index is 5.21. The minimum atomic E-state index is -1.59. The molecule has 0 saturated heterocycles. The lowest BCUT2D eigenvalue weighted by Crippen LogP contribution is -2.53. The van der Waals surface area contributed by atoms with Crippen molar-refractivity contribution in [3.8, 4) is 22.4 Å². The Bertz CT molecular complexity index is 2210. The van der Waals surface area contributed by atoms with E-state index < -0.39 is 8.07 Å². The summed E-state index contributed by atoms with van der Waals surface area (Å²) in [6.45, 7) is 29.9. The molecule has 1 aliphatic rings. The molecule has 0 radical (unpaired) electrons. The van der Waals surface area contributed by atoms with E-state index in [0.29, 0.717) is 17.8 Å². The Morgan fingerprint density at radius 1 is 0.875 bits per heavy atom. The molecule has 56 heavy (non-hydrogen) atoms. The summed E-state index contributed by atoms with van der Waals surface area (Å²) in [6, 6.07) is 33.7. The van der Waals surface area contributed by atoms with Crippen LogP contribution in [-0.4, -0.2) is 20.1 Å². The molecule has 0 fully saturated rings. The smallest absolute Gasteiger partial charge is 0.213 e. The van der Waals surface area contributed by atoms with Crippen molar-refractivity contribution in [1.82, 2.24) is 4.98 Å². The van der Waals surface area contributed by atoms with Crippen molar-refractivity contribution in [2.75, 3.05) is 17.3 Å². The highest BCUT2D eigenvalue weighted by Crippen LogP contribution is 2.45. The number of nitrogens with one attached hydrogen (secondary N) is 1. The van der Waals surface area contributed by atoms with Gasteiger partial charge in [-0.15, -0.1) is 0 Å². The molecule has 0 saturated carbocycles. The van der Waals surface area contributed by atoms with Gasteiger partial charge >= 0.3 is 0 Å². The standard InChI is InChI=1S/C51H63N4Si/c1-13-19-36(6)24-27-44-42-22-17-18-23-43(42)48-29-26-41(56(10,11)12)33-55(48)49(44)30-38(8)54(9)51-47(28-25-37(7)52-51)53-50-45(34(2)3)31-40(32-46(50)35(4)5)39-20-15-14-16-21-39/h13-23,25-26,28-29,31-35,44,49,53H,6,8,24,27,30H2,1-5,7,9-12H3/q+1/b19-13-. The van der Waals surface area contributed by atoms with Crippen molar-refractivity contribution in [1.29, 1.82) is 0 Å². The van der Waals surface area contributed by atoms with Gasteiger partial charge in [0.15, 0.2) is 18.1 Å². The Morgan fingerprint density at radius 3 is 2.18 bits per heavy atom. The molecule has 3 aromatic carbocycles. The quantitative estimate of drug-likeness (QED) is 0.0695. The van der Waals surface area contributed by atoms with Crippen LogP contribution < -0.4 is 20.0 Å². The van der Waals surface area contributed by atoms with Crippen molar-refractivity contribution in [2.24, 2.45) is 0 Å². The number of aryl methyl sites for hydroxylation is 1. The summed E-state index contributed by atoms with van der Waals surface area (Å²) in [5.74, 6) is 1.82. The predicted molar refractivity (Wildman–Crippen MR) is 244 cm³/mol. The Labute approximate surface area is 338 Å². The van der Waals surface area contributed by atoms with Gasteiger partial charge in [0, 0.05) is 46.9 Å². The van der Waals surface area contributed by atoms with Gasteiger partial charge in [0.05, 0.1) is 20.2 Å². The van der Waals surface area contributed by atoms with Crippen LogP contribution in [0.15, 0.2) is 134 Å². The third kappa shape index (κ3) is 8.69. The van der Waals surface area contributed by atoms with E-state index in [1.165, 1.54) is 55.5 Å². The van der Waals surface area contributed by atoms with Crippen LogP contribution in [0.3, 0.4) is 0 Å². The first kappa shape index (κ1) is 40.7. The minimum Gasteiger partial charge on any atom is -0.352 e. The molecular formula is C51H63N4Si+. The summed E-state index contributed by atoms with van der Waals surface area (Å²) in [4.78, 5) is 7.44. The highest BCUT2D eigenvalue weighted by Gasteiger charge is 2.41. The summed E-state index contributed by atoms with van der Waals surface area (Å²) in [6.07, 6.45) is 9.47. The monoisotopic (exact) mass is 759 g/mol. The number of anilines is 3. The van der Waals surface area contributed by atoms with E-state index in [1.807, 2.05) is 0 Å². The fourth-order valence-corrected chi connectivity index (χ4v) is 9.38. The van der Waals surface area contributed by atoms with Crippen molar-refractivity contribution in [2.45, 2.75) is 104 Å². The highest BCUT2D eigenvalue weighted by atomic mass is 28.3. The fraction of sp³-hybridized carbons (Fsp3) is 0.333. The first-order valence-corrected chi connectivity index (χ1v) is 24.0. The second-order valence-corrected chi connectivity index (χ2v) is 22.5. The van der Waals surface area contributed by atoms with Crippen LogP contribution in [0, 0.1) is 6.92 Å². The second kappa shape index (κ2) is 17.0. The van der Waals surface area contributed by atoms with E-state index in [4.69, 9.17) is 11.6 Å². The summed E-state index contributed by atoms with van der Waals surface area (Å²) in [7, 11) is 0.551. The maximum Gasteiger partial charge on any atom is 0.213 e. The molecule has 5 heteroatoms. The number of rotatable bonds is 14. The highest BCUT2D eigenvalue weighted by molar-refractivity contribution is 6.88. The van der Waals surface area contributed by atoms with Crippen molar-refractivity contribution >= 4 is 30.5 Å². The number of allylic oxidation sites excluding steroid dienone is 4. The zero-order valence-electron chi connectivity index (χ0n) is 35.6. The Morgan fingerprint density at radius 2 is 1.54 bits per heavy atom. The zero-order chi connectivity index (χ0) is 40.3. The second-order valence-electron chi connectivity index (χ2n) is 17.4. The first-order chi connectivity index (χ1) is 26.7. The lowest BCUT2D eigenvalue weighted by atomic mass is 9.78. The lowest BCUT2D eigenvalue weighted by Gasteiger charge is -2.34. The number of fused-ring (bicyclic) bond motifs is 3. The molecule has 1 aliphatic heterocycles. The van der Waals surface area contributed by atoms with Gasteiger partial charge in [0.2, 0.25) is 5.69 Å². The maximum absolute atomic E-state index is 5.21. The van der Waals surface area contributed by atoms with Crippen LogP contribution in [0.5, 0.6) is 0 Å². The normalized spacial score (nSPS) is 15.2. The molecule has 0 bridgehead atoms. The Hall–Kier alpha value is -5.00. The SMILES string of the molecule is C=C(/C=C\C)CCC1c2ccccc2-c2ccc([Si](C)(C)C)c[n+]2C1CC(=C)N(C)c1nc(C)ccc1Nc1c(C(C)C)cc(-c2ccccc2)cc1C(C)C. The van der Waals surface area contributed by atoms with Gasteiger partial charge in [-0.05, 0) is 96.7 Å². The van der Waals surface area contributed by atoms with Crippen LogP contribution in [0.1, 0.15) is 100 Å². The third-order valence-corrected chi connectivity index (χ3v) is 13.6. The van der Waals surface area contributed by atoms with Gasteiger partial charge in [-0.3, -0.25) is 0 Å². The van der Waals surface area contributed by atoms with Crippen molar-refractivity contribution < 1.29 is 4.57 Å². The molecule has 1 N–H and O–H groups in total. The van der Waals surface area contributed by atoms with Crippen LogP contribution in [-0.2, 0) is 0 Å². The minimum absolute atomic E-state index is 0.177. The molecule has 0 amide bonds. The van der Waals surface area contributed by atoms with E-state index in [0.717, 1.165) is 42.2 Å². The van der Waals surface area contributed by atoms with Gasteiger partial charge in [-0.1, -0.05) is 133 Å². The number of nitrogens with zero attached hydrogens (tertiary/aromatic N) is 3. The van der Waals surface area contributed by atoms with E-state index in [1.54, 1.807) is 0 Å². The topological polar surface area (TPSA) is 32.0 Å². The lowest BCUT2D eigenvalue weighted by molar-refractivity contribution is -0.717. The fourth-order valence-electron chi connectivity index (χ4n) is 8.27. The molecule has 0 aliphatic carbocycles. The van der Waals surface area contributed by atoms with Crippen LogP contribution in [0.4, 0.5) is 17.2 Å². The molecule has 4 nitrogen and oxygen atoms in total. The summed E-state index contributed by atoms with van der Waals surface area (Å²) < 4.78 is 2.60. The number of hydrogen-bond donors (Lipinski definition) is 1. The molecule has 0 spiro atoms. The van der Waals surface area contributed by atoms with Crippen molar-refractivity contribution in [3.05, 3.63) is 156 Å². The number of aromatic nitrogens is 2. The molecule has 2 aromatic heterocycles. The average Bonchev–Trinajstić information content (AvgIpc) is 3.17. The zero-order valence-corrected chi connectivity index (χ0v) is 36.6. The molecule has 2 unspecified atom stereocenters. The van der Waals surface area contributed by atoms with E-state index in [-0.39, 0.29) is 6.04 Å². The number of hydrogen-bond acceptors (Lipinski definition) is 3. The first-order valence-electron chi connectivity index (χ1n) is 20.5. The van der Waals surface area contributed by atoms with Crippen LogP contribution >= 0.6 is 0 Å². The van der Waals surface area contributed by atoms with Crippen molar-refractivity contribution in [3.63, 3.8) is 0 Å². The number of pyridine rings is 2. The van der Waals surface area contributed by atoms with E-state index >= 15 is 0 Å².